The van der Waals surface area contributed by atoms with Gasteiger partial charge < -0.3 is 0 Å². The smallest absolute Gasteiger partial charge is 0.280 e. The highest BCUT2D eigenvalue weighted by molar-refractivity contribution is 6.30. The molecule has 3 rings (SSSR count). The lowest BCUT2D eigenvalue weighted by atomic mass is 10.3. The van der Waals surface area contributed by atoms with E-state index in [0.717, 1.165) is 17.1 Å². The highest BCUT2D eigenvalue weighted by Crippen LogP contribution is 2.14. The fraction of sp³-hybridized carbons (Fsp3) is 0.0588. The number of aromatic amines is 1. The van der Waals surface area contributed by atoms with Crippen molar-refractivity contribution < 1.29 is 0 Å². The Morgan fingerprint density at radius 2 is 1.96 bits per heavy atom. The number of hydrazone groups is 1. The van der Waals surface area contributed by atoms with E-state index in [1.54, 1.807) is 12.1 Å². The Hall–Kier alpha value is -2.79. The molecule has 0 unspecified atom stereocenters. The van der Waals surface area contributed by atoms with E-state index in [1.165, 1.54) is 10.9 Å². The minimum Gasteiger partial charge on any atom is -0.295 e. The molecule has 0 radical (unpaired) electrons. The van der Waals surface area contributed by atoms with Crippen LogP contribution in [0.1, 0.15) is 11.3 Å². The van der Waals surface area contributed by atoms with Crippen LogP contribution in [-0.2, 0) is 0 Å². The Balaban J connectivity index is 1.85. The van der Waals surface area contributed by atoms with Crippen molar-refractivity contribution in [1.29, 1.82) is 0 Å². The van der Waals surface area contributed by atoms with Gasteiger partial charge in [-0.1, -0.05) is 35.9 Å². The first-order valence-electron chi connectivity index (χ1n) is 7.07. The molecule has 116 valence electrons. The van der Waals surface area contributed by atoms with Crippen LogP contribution in [0.2, 0.25) is 5.02 Å². The van der Waals surface area contributed by atoms with Gasteiger partial charge in [0.1, 0.15) is 0 Å². The highest BCUT2D eigenvalue weighted by Gasteiger charge is 2.10. The van der Waals surface area contributed by atoms with Crippen LogP contribution in [0.25, 0.3) is 5.69 Å². The number of anilines is 1. The van der Waals surface area contributed by atoms with E-state index in [0.29, 0.717) is 10.6 Å². The molecule has 0 fully saturated rings. The van der Waals surface area contributed by atoms with Crippen LogP contribution < -0.4 is 11.0 Å². The summed E-state index contributed by atoms with van der Waals surface area (Å²) in [6.45, 7) is 1.83. The summed E-state index contributed by atoms with van der Waals surface area (Å²) in [5, 5.41) is 7.79. The molecule has 2 aromatic carbocycles. The number of H-pyrrole nitrogens is 1. The van der Waals surface area contributed by atoms with Crippen LogP contribution in [0.3, 0.4) is 0 Å². The summed E-state index contributed by atoms with van der Waals surface area (Å²) in [4.78, 5) is 12.5. The number of rotatable bonds is 4. The zero-order chi connectivity index (χ0) is 16.2. The largest absolute Gasteiger partial charge is 0.295 e. The van der Waals surface area contributed by atoms with Crippen LogP contribution in [0, 0.1) is 6.92 Å². The first-order chi connectivity index (χ1) is 11.1. The molecule has 0 atom stereocenters. The number of nitrogens with zero attached hydrogens (tertiary/aromatic N) is 2. The number of halogens is 1. The summed E-state index contributed by atoms with van der Waals surface area (Å²) in [6, 6.07) is 16.6. The average molecular weight is 327 g/mol. The minimum absolute atomic E-state index is 0.148. The number of hydrogen-bond donors (Lipinski definition) is 2. The Morgan fingerprint density at radius 1 is 1.17 bits per heavy atom. The Kier molecular flexibility index (Phi) is 4.30. The maximum Gasteiger partial charge on any atom is 0.280 e. The second kappa shape index (κ2) is 6.54. The number of aryl methyl sites for hydroxylation is 1. The summed E-state index contributed by atoms with van der Waals surface area (Å²) < 4.78 is 1.50. The van der Waals surface area contributed by atoms with Crippen molar-refractivity contribution in [2.45, 2.75) is 6.92 Å². The molecule has 0 saturated heterocycles. The van der Waals surface area contributed by atoms with Crippen molar-refractivity contribution in [3.05, 3.63) is 81.2 Å². The number of benzene rings is 2. The minimum atomic E-state index is -0.148. The Labute approximate surface area is 138 Å². The van der Waals surface area contributed by atoms with E-state index >= 15 is 0 Å². The maximum absolute atomic E-state index is 12.5. The van der Waals surface area contributed by atoms with E-state index in [-0.39, 0.29) is 5.56 Å². The molecule has 0 aliphatic rings. The number of hydrogen-bond acceptors (Lipinski definition) is 3. The summed E-state index contributed by atoms with van der Waals surface area (Å²) in [5.74, 6) is 0. The van der Waals surface area contributed by atoms with E-state index in [2.05, 4.69) is 15.6 Å². The van der Waals surface area contributed by atoms with Gasteiger partial charge in [-0.2, -0.15) is 5.10 Å². The lowest BCUT2D eigenvalue weighted by molar-refractivity contribution is 0.835. The van der Waals surface area contributed by atoms with Crippen molar-refractivity contribution >= 4 is 23.5 Å². The Morgan fingerprint density at radius 3 is 2.70 bits per heavy atom. The molecule has 23 heavy (non-hydrogen) atoms. The molecule has 5 nitrogen and oxygen atoms in total. The van der Waals surface area contributed by atoms with Gasteiger partial charge in [0.25, 0.3) is 5.56 Å². The molecule has 1 heterocycles. The maximum atomic E-state index is 12.5. The van der Waals surface area contributed by atoms with Crippen molar-refractivity contribution in [3.8, 4) is 5.69 Å². The van der Waals surface area contributed by atoms with Gasteiger partial charge >= 0.3 is 0 Å². The van der Waals surface area contributed by atoms with Crippen molar-refractivity contribution in [2.24, 2.45) is 5.10 Å². The zero-order valence-electron chi connectivity index (χ0n) is 12.5. The van der Waals surface area contributed by atoms with Gasteiger partial charge in [-0.3, -0.25) is 15.3 Å². The average Bonchev–Trinajstić information content (AvgIpc) is 2.84. The lowest BCUT2D eigenvalue weighted by Crippen LogP contribution is -2.17. The fourth-order valence-corrected chi connectivity index (χ4v) is 2.39. The van der Waals surface area contributed by atoms with Gasteiger partial charge in [-0.25, -0.2) is 4.68 Å². The molecule has 1 aromatic heterocycles. The molecule has 3 aromatic rings. The third-order valence-corrected chi connectivity index (χ3v) is 3.58. The van der Waals surface area contributed by atoms with Crippen molar-refractivity contribution in [3.63, 3.8) is 0 Å². The molecule has 2 N–H and O–H groups in total. The SMILES string of the molecule is Cc1[nH]n(-c2ccccc2)c(=O)c1/C=N/Nc1cccc(Cl)c1. The van der Waals surface area contributed by atoms with Crippen LogP contribution >= 0.6 is 11.6 Å². The normalized spacial score (nSPS) is 11.0. The molecular weight excluding hydrogens is 312 g/mol. The molecular formula is C17H15ClN4O. The number of aromatic nitrogens is 2. The molecule has 0 aliphatic carbocycles. The molecule has 0 saturated carbocycles. The van der Waals surface area contributed by atoms with Crippen LogP contribution in [-0.4, -0.2) is 16.0 Å². The topological polar surface area (TPSA) is 62.2 Å². The third kappa shape index (κ3) is 3.35. The monoisotopic (exact) mass is 326 g/mol. The zero-order valence-corrected chi connectivity index (χ0v) is 13.2. The van der Waals surface area contributed by atoms with Crippen molar-refractivity contribution in [2.75, 3.05) is 5.43 Å². The fourth-order valence-electron chi connectivity index (χ4n) is 2.20. The van der Waals surface area contributed by atoms with Gasteiger partial charge in [0.2, 0.25) is 0 Å². The summed E-state index contributed by atoms with van der Waals surface area (Å²) in [6.07, 6.45) is 1.51. The third-order valence-electron chi connectivity index (χ3n) is 3.34. The van der Waals surface area contributed by atoms with Crippen LogP contribution in [0.4, 0.5) is 5.69 Å². The predicted octanol–water partition coefficient (Wildman–Crippen LogP) is 3.57. The Bertz CT molecular complexity index is 896. The predicted molar refractivity (Wildman–Crippen MR) is 93.8 cm³/mol. The van der Waals surface area contributed by atoms with Gasteiger partial charge in [0.05, 0.1) is 23.2 Å². The summed E-state index contributed by atoms with van der Waals surface area (Å²) >= 11 is 5.91. The number of nitrogens with one attached hydrogen (secondary N) is 2. The standard InChI is InChI=1S/C17H15ClN4O/c1-12-16(11-19-20-14-7-5-6-13(18)10-14)17(23)22(21-12)15-8-3-2-4-9-15/h2-11,20-21H,1H3/b19-11+. The van der Waals surface area contributed by atoms with Crippen LogP contribution in [0.15, 0.2) is 64.5 Å². The summed E-state index contributed by atoms with van der Waals surface area (Å²) in [5.41, 5.74) is 5.50. The van der Waals surface area contributed by atoms with Crippen LogP contribution in [0.5, 0.6) is 0 Å². The highest BCUT2D eigenvalue weighted by atomic mass is 35.5. The molecule has 0 aliphatic heterocycles. The van der Waals surface area contributed by atoms with Gasteiger partial charge in [0, 0.05) is 10.7 Å². The van der Waals surface area contributed by atoms with E-state index in [9.17, 15) is 4.79 Å². The second-order valence-electron chi connectivity index (χ2n) is 5.01. The first kappa shape index (κ1) is 15.1. The summed E-state index contributed by atoms with van der Waals surface area (Å²) in [7, 11) is 0. The second-order valence-corrected chi connectivity index (χ2v) is 5.44. The molecule has 0 amide bonds. The quantitative estimate of drug-likeness (QED) is 0.568. The molecule has 0 bridgehead atoms. The van der Waals surface area contributed by atoms with E-state index in [1.807, 2.05) is 49.4 Å². The first-order valence-corrected chi connectivity index (χ1v) is 7.44. The molecule has 0 spiro atoms. The van der Waals surface area contributed by atoms with E-state index in [4.69, 9.17) is 11.6 Å². The van der Waals surface area contributed by atoms with E-state index < -0.39 is 0 Å². The van der Waals surface area contributed by atoms with Gasteiger partial charge in [0.15, 0.2) is 0 Å². The lowest BCUT2D eigenvalue weighted by Gasteiger charge is -1.99. The van der Waals surface area contributed by atoms with Crippen molar-refractivity contribution in [1.82, 2.24) is 9.78 Å². The molecule has 6 heteroatoms. The number of para-hydroxylation sites is 1. The van der Waals surface area contributed by atoms with Gasteiger partial charge in [-0.05, 0) is 37.3 Å². The van der Waals surface area contributed by atoms with Gasteiger partial charge in [-0.15, -0.1) is 0 Å².